The van der Waals surface area contributed by atoms with Gasteiger partial charge in [-0.3, -0.25) is 4.98 Å². The highest BCUT2D eigenvalue weighted by molar-refractivity contribution is 6.35. The molecule has 0 bridgehead atoms. The van der Waals surface area contributed by atoms with E-state index in [9.17, 15) is 0 Å². The molecule has 3 aromatic rings. The molecule has 2 atom stereocenters. The minimum atomic E-state index is -0.398. The van der Waals surface area contributed by atoms with E-state index in [1.54, 1.807) is 25.6 Å². The van der Waals surface area contributed by atoms with E-state index in [2.05, 4.69) is 4.98 Å². The number of nitrogens with zero attached hydrogens (tertiary/aromatic N) is 3. The van der Waals surface area contributed by atoms with Gasteiger partial charge in [0.2, 0.25) is 6.23 Å². The Labute approximate surface area is 178 Å². The van der Waals surface area contributed by atoms with Crippen molar-refractivity contribution >= 4 is 28.9 Å². The number of benzene rings is 2. The lowest BCUT2D eigenvalue weighted by Crippen LogP contribution is -2.33. The number of pyridine rings is 1. The van der Waals surface area contributed by atoms with Gasteiger partial charge in [-0.1, -0.05) is 23.2 Å². The van der Waals surface area contributed by atoms with Crippen LogP contribution in [0.1, 0.15) is 35.4 Å². The maximum atomic E-state index is 6.49. The number of hydrogen-bond acceptors (Lipinski definition) is 5. The molecule has 0 saturated heterocycles. The van der Waals surface area contributed by atoms with Crippen LogP contribution in [0.25, 0.3) is 0 Å². The quantitative estimate of drug-likeness (QED) is 0.544. The van der Waals surface area contributed by atoms with Crippen molar-refractivity contribution in [2.45, 2.75) is 18.7 Å². The van der Waals surface area contributed by atoms with Gasteiger partial charge in [0.1, 0.15) is 11.5 Å². The summed E-state index contributed by atoms with van der Waals surface area (Å²) >= 11 is 12.8. The third-order valence-electron chi connectivity index (χ3n) is 5.22. The average Bonchev–Trinajstić information content (AvgIpc) is 3.20. The summed E-state index contributed by atoms with van der Waals surface area (Å²) in [6, 6.07) is 15.4. The van der Waals surface area contributed by atoms with E-state index in [1.807, 2.05) is 47.5 Å². The van der Waals surface area contributed by atoms with Crippen LogP contribution in [0.5, 0.6) is 11.5 Å². The Morgan fingerprint density at radius 1 is 1.07 bits per heavy atom. The summed E-state index contributed by atoms with van der Waals surface area (Å²) in [5, 5.41) is 8.00. The van der Waals surface area contributed by atoms with Crippen LogP contribution >= 0.6 is 23.2 Å². The van der Waals surface area contributed by atoms with Crippen molar-refractivity contribution in [3.8, 4) is 11.5 Å². The first-order valence-corrected chi connectivity index (χ1v) is 9.95. The number of hydrogen-bond donors (Lipinski definition) is 0. The number of ether oxygens (including phenoxy) is 2. The van der Waals surface area contributed by atoms with Crippen LogP contribution in [0.4, 0.5) is 0 Å². The van der Waals surface area contributed by atoms with Crippen LogP contribution in [-0.2, 0) is 0 Å². The Morgan fingerprint density at radius 3 is 2.55 bits per heavy atom. The summed E-state index contributed by atoms with van der Waals surface area (Å²) in [6.45, 7) is 0. The van der Waals surface area contributed by atoms with Crippen molar-refractivity contribution in [1.29, 1.82) is 0 Å². The first-order valence-electron chi connectivity index (χ1n) is 9.20. The highest BCUT2D eigenvalue weighted by Crippen LogP contribution is 2.50. The van der Waals surface area contributed by atoms with Crippen LogP contribution < -0.4 is 9.47 Å². The molecule has 146 valence electrons. The van der Waals surface area contributed by atoms with Crippen molar-refractivity contribution < 1.29 is 9.47 Å². The van der Waals surface area contributed by atoms with E-state index >= 15 is 0 Å². The first-order chi connectivity index (χ1) is 14.1. The summed E-state index contributed by atoms with van der Waals surface area (Å²) in [4.78, 5) is 4.11. The maximum Gasteiger partial charge on any atom is 0.214 e. The Kier molecular flexibility index (Phi) is 4.57. The average molecular weight is 426 g/mol. The van der Waals surface area contributed by atoms with Crippen molar-refractivity contribution in [1.82, 2.24) is 9.99 Å². The van der Waals surface area contributed by atoms with Crippen LogP contribution in [0.15, 0.2) is 66.0 Å². The molecule has 0 fully saturated rings. The third-order valence-corrected chi connectivity index (χ3v) is 5.72. The zero-order valence-corrected chi connectivity index (χ0v) is 17.1. The molecule has 0 radical (unpaired) electrons. The molecule has 0 saturated carbocycles. The predicted octanol–water partition coefficient (Wildman–Crippen LogP) is 5.64. The molecule has 2 aliphatic heterocycles. The lowest BCUT2D eigenvalue weighted by atomic mass is 9.96. The van der Waals surface area contributed by atoms with Gasteiger partial charge in [-0.15, -0.1) is 0 Å². The Bertz CT molecular complexity index is 1090. The number of aromatic nitrogens is 1. The fraction of sp³-hybridized carbons (Fsp3) is 0.182. The number of methoxy groups -OCH3 is 1. The molecule has 2 aromatic carbocycles. The van der Waals surface area contributed by atoms with E-state index in [0.717, 1.165) is 34.6 Å². The normalized spacial score (nSPS) is 19.8. The maximum absolute atomic E-state index is 6.49. The van der Waals surface area contributed by atoms with E-state index < -0.39 is 6.23 Å². The molecule has 1 aromatic heterocycles. The van der Waals surface area contributed by atoms with Gasteiger partial charge in [-0.25, -0.2) is 5.01 Å². The molecule has 0 N–H and O–H groups in total. The van der Waals surface area contributed by atoms with E-state index in [-0.39, 0.29) is 6.04 Å². The standard InChI is InChI=1S/C22H17Cl2N3O2/c1-28-16-4-2-13(3-5-16)19-12-20-17-10-15(23)11-18(24)21(17)29-22(27(20)26-19)14-6-8-25-9-7-14/h2-11,20,22H,12H2,1H3/t20-,22-/m1/s1. The molecule has 0 spiro atoms. The van der Waals surface area contributed by atoms with Gasteiger partial charge >= 0.3 is 0 Å². The zero-order chi connectivity index (χ0) is 20.0. The Balaban J connectivity index is 1.60. The van der Waals surface area contributed by atoms with Crippen molar-refractivity contribution in [2.75, 3.05) is 7.11 Å². The molecule has 3 heterocycles. The molecule has 7 heteroatoms. The number of fused-ring (bicyclic) bond motifs is 3. The summed E-state index contributed by atoms with van der Waals surface area (Å²) < 4.78 is 11.6. The third kappa shape index (κ3) is 3.20. The summed E-state index contributed by atoms with van der Waals surface area (Å²) in [6.07, 6.45) is 3.82. The Morgan fingerprint density at radius 2 is 1.83 bits per heavy atom. The molecule has 0 amide bonds. The van der Waals surface area contributed by atoms with Crippen molar-refractivity contribution in [3.63, 3.8) is 0 Å². The van der Waals surface area contributed by atoms with E-state index in [0.29, 0.717) is 15.8 Å². The number of halogens is 2. The second kappa shape index (κ2) is 7.25. The largest absolute Gasteiger partial charge is 0.497 e. The SMILES string of the molecule is COc1ccc(C2=NN3[C@H](C2)c2cc(Cl)cc(Cl)c2O[C@@H]3c2ccncc2)cc1. The van der Waals surface area contributed by atoms with Gasteiger partial charge in [0.15, 0.2) is 0 Å². The topological polar surface area (TPSA) is 47.0 Å². The fourth-order valence-electron chi connectivity index (χ4n) is 3.82. The van der Waals surface area contributed by atoms with Gasteiger partial charge < -0.3 is 9.47 Å². The van der Waals surface area contributed by atoms with E-state index in [1.165, 1.54) is 0 Å². The second-order valence-corrected chi connectivity index (χ2v) is 7.78. The van der Waals surface area contributed by atoms with Crippen molar-refractivity contribution in [2.24, 2.45) is 5.10 Å². The monoisotopic (exact) mass is 425 g/mol. The van der Waals surface area contributed by atoms with Gasteiger partial charge in [0.05, 0.1) is 23.9 Å². The van der Waals surface area contributed by atoms with Crippen LogP contribution in [-0.4, -0.2) is 22.8 Å². The van der Waals surface area contributed by atoms with Crippen LogP contribution in [0, 0.1) is 0 Å². The smallest absolute Gasteiger partial charge is 0.214 e. The van der Waals surface area contributed by atoms with Gasteiger partial charge in [-0.2, -0.15) is 5.10 Å². The summed E-state index contributed by atoms with van der Waals surface area (Å²) in [7, 11) is 1.66. The molecule has 0 unspecified atom stereocenters. The predicted molar refractivity (Wildman–Crippen MR) is 113 cm³/mol. The van der Waals surface area contributed by atoms with Crippen molar-refractivity contribution in [3.05, 3.63) is 87.7 Å². The fourth-order valence-corrected chi connectivity index (χ4v) is 4.37. The molecular weight excluding hydrogens is 409 g/mol. The minimum Gasteiger partial charge on any atom is -0.497 e. The van der Waals surface area contributed by atoms with Crippen LogP contribution in [0.3, 0.4) is 0 Å². The van der Waals surface area contributed by atoms with Gasteiger partial charge in [0.25, 0.3) is 0 Å². The molecule has 2 aliphatic rings. The van der Waals surface area contributed by atoms with Crippen LogP contribution in [0.2, 0.25) is 10.0 Å². The second-order valence-electron chi connectivity index (χ2n) is 6.93. The molecule has 0 aliphatic carbocycles. The molecule has 5 nitrogen and oxygen atoms in total. The molecule has 5 rings (SSSR count). The number of hydrazone groups is 1. The highest BCUT2D eigenvalue weighted by atomic mass is 35.5. The Hall–Kier alpha value is -2.76. The molecular formula is C22H17Cl2N3O2. The summed E-state index contributed by atoms with van der Waals surface area (Å²) in [5.41, 5.74) is 3.93. The number of rotatable bonds is 3. The lowest BCUT2D eigenvalue weighted by Gasteiger charge is -2.38. The first kappa shape index (κ1) is 18.3. The highest BCUT2D eigenvalue weighted by Gasteiger charge is 2.42. The van der Waals surface area contributed by atoms with Gasteiger partial charge in [0, 0.05) is 35.0 Å². The molecule has 29 heavy (non-hydrogen) atoms. The lowest BCUT2D eigenvalue weighted by molar-refractivity contribution is -0.0189. The van der Waals surface area contributed by atoms with Gasteiger partial charge in [-0.05, 0) is 54.1 Å². The zero-order valence-electron chi connectivity index (χ0n) is 15.5. The summed E-state index contributed by atoms with van der Waals surface area (Å²) in [5.74, 6) is 1.47. The van der Waals surface area contributed by atoms with E-state index in [4.69, 9.17) is 37.8 Å². The minimum absolute atomic E-state index is 0.0229.